The Morgan fingerprint density at radius 3 is 3.30 bits per heavy atom. The highest BCUT2D eigenvalue weighted by Crippen LogP contribution is 2.19. The zero-order chi connectivity index (χ0) is 13.9. The van der Waals surface area contributed by atoms with E-state index in [0.717, 1.165) is 18.7 Å². The van der Waals surface area contributed by atoms with Gasteiger partial charge in [-0.25, -0.2) is 0 Å². The fourth-order valence-corrected chi connectivity index (χ4v) is 2.85. The minimum Gasteiger partial charge on any atom is -0.368 e. The molecule has 8 heteroatoms. The topological polar surface area (TPSA) is 97.3 Å². The van der Waals surface area contributed by atoms with Crippen molar-refractivity contribution in [3.8, 4) is 11.4 Å². The molecule has 1 aliphatic heterocycles. The van der Waals surface area contributed by atoms with E-state index in [1.54, 1.807) is 11.3 Å². The van der Waals surface area contributed by atoms with E-state index in [9.17, 15) is 4.79 Å². The molecule has 0 bridgehead atoms. The van der Waals surface area contributed by atoms with Gasteiger partial charge in [0, 0.05) is 30.6 Å². The van der Waals surface area contributed by atoms with Crippen molar-refractivity contribution >= 4 is 17.2 Å². The Labute approximate surface area is 119 Å². The molecule has 0 aliphatic carbocycles. The minimum atomic E-state index is -0.338. The summed E-state index contributed by atoms with van der Waals surface area (Å²) in [5.41, 5.74) is 6.35. The second-order valence-corrected chi connectivity index (χ2v) is 5.40. The molecule has 1 fully saturated rings. The Morgan fingerprint density at radius 1 is 1.65 bits per heavy atom. The number of carbonyl (C=O) groups excluding carboxylic acids is 1. The summed E-state index contributed by atoms with van der Waals surface area (Å²) in [7, 11) is 0. The molecular formula is C12H15N5O2S. The monoisotopic (exact) mass is 293 g/mol. The van der Waals surface area contributed by atoms with Gasteiger partial charge in [-0.1, -0.05) is 5.16 Å². The third-order valence-corrected chi connectivity index (χ3v) is 3.95. The number of primary amides is 1. The standard InChI is InChI=1S/C12H15N5O2S/c13-11(18)9-5-14-2-3-17(9)6-10-15-12(16-19-10)8-1-4-20-7-8/h1,4,7,9,14H,2-3,5-6H2,(H2,13,18). The predicted molar refractivity (Wildman–Crippen MR) is 73.9 cm³/mol. The van der Waals surface area contributed by atoms with Crippen LogP contribution < -0.4 is 11.1 Å². The molecule has 106 valence electrons. The van der Waals surface area contributed by atoms with Crippen LogP contribution in [-0.4, -0.2) is 46.6 Å². The highest BCUT2D eigenvalue weighted by Gasteiger charge is 2.28. The fourth-order valence-electron chi connectivity index (χ4n) is 2.22. The maximum atomic E-state index is 11.4. The van der Waals surface area contributed by atoms with Crippen LogP contribution in [-0.2, 0) is 11.3 Å². The molecule has 1 saturated heterocycles. The van der Waals surface area contributed by atoms with Crippen LogP contribution in [0.5, 0.6) is 0 Å². The molecule has 1 aliphatic rings. The van der Waals surface area contributed by atoms with Gasteiger partial charge >= 0.3 is 0 Å². The van der Waals surface area contributed by atoms with Crippen LogP contribution >= 0.6 is 11.3 Å². The van der Waals surface area contributed by atoms with Crippen molar-refractivity contribution in [1.82, 2.24) is 20.4 Å². The average Bonchev–Trinajstić information content (AvgIpc) is 3.09. The Kier molecular flexibility index (Phi) is 3.77. The van der Waals surface area contributed by atoms with Crippen LogP contribution in [0.2, 0.25) is 0 Å². The zero-order valence-corrected chi connectivity index (χ0v) is 11.6. The second-order valence-electron chi connectivity index (χ2n) is 4.62. The third-order valence-electron chi connectivity index (χ3n) is 3.27. The van der Waals surface area contributed by atoms with Gasteiger partial charge in [-0.05, 0) is 11.4 Å². The Balaban J connectivity index is 1.72. The van der Waals surface area contributed by atoms with E-state index in [4.69, 9.17) is 10.3 Å². The second kappa shape index (κ2) is 5.70. The maximum absolute atomic E-state index is 11.4. The van der Waals surface area contributed by atoms with Crippen molar-refractivity contribution < 1.29 is 9.32 Å². The van der Waals surface area contributed by atoms with Crippen LogP contribution in [0, 0.1) is 0 Å². The van der Waals surface area contributed by atoms with E-state index in [0.29, 0.717) is 24.8 Å². The SMILES string of the molecule is NC(=O)C1CNCCN1Cc1nc(-c2ccsc2)no1. The third kappa shape index (κ3) is 2.72. The lowest BCUT2D eigenvalue weighted by Gasteiger charge is -2.32. The first-order chi connectivity index (χ1) is 9.74. The van der Waals surface area contributed by atoms with Gasteiger partial charge in [0.25, 0.3) is 0 Å². The smallest absolute Gasteiger partial charge is 0.241 e. The molecule has 0 aromatic carbocycles. The number of rotatable bonds is 4. The van der Waals surface area contributed by atoms with Gasteiger partial charge in [0.15, 0.2) is 0 Å². The normalized spacial score (nSPS) is 20.1. The van der Waals surface area contributed by atoms with Crippen molar-refractivity contribution in [1.29, 1.82) is 0 Å². The number of piperazine rings is 1. The molecular weight excluding hydrogens is 278 g/mol. The molecule has 1 amide bonds. The molecule has 3 rings (SSSR count). The summed E-state index contributed by atoms with van der Waals surface area (Å²) in [5.74, 6) is 0.737. The molecule has 1 unspecified atom stereocenters. The molecule has 2 aromatic rings. The molecule has 3 N–H and O–H groups in total. The van der Waals surface area contributed by atoms with E-state index in [1.807, 2.05) is 21.7 Å². The summed E-state index contributed by atoms with van der Waals surface area (Å²) in [6, 6.07) is 1.61. The van der Waals surface area contributed by atoms with Gasteiger partial charge in [0.1, 0.15) is 6.04 Å². The molecule has 0 spiro atoms. The minimum absolute atomic E-state index is 0.333. The summed E-state index contributed by atoms with van der Waals surface area (Å²) >= 11 is 1.58. The van der Waals surface area contributed by atoms with Gasteiger partial charge in [0.2, 0.25) is 17.6 Å². The summed E-state index contributed by atoms with van der Waals surface area (Å²) in [4.78, 5) is 17.7. The lowest BCUT2D eigenvalue weighted by atomic mass is 10.2. The van der Waals surface area contributed by atoms with Gasteiger partial charge in [-0.2, -0.15) is 16.3 Å². The first-order valence-corrected chi connectivity index (χ1v) is 7.27. The van der Waals surface area contributed by atoms with E-state index in [1.165, 1.54) is 0 Å². The number of aromatic nitrogens is 2. The summed E-state index contributed by atoms with van der Waals surface area (Å²) in [6.45, 7) is 2.53. The lowest BCUT2D eigenvalue weighted by molar-refractivity contribution is -0.124. The van der Waals surface area contributed by atoms with Gasteiger partial charge in [-0.15, -0.1) is 0 Å². The fraction of sp³-hybridized carbons (Fsp3) is 0.417. The summed E-state index contributed by atoms with van der Waals surface area (Å²) in [6.07, 6.45) is 0. The number of hydrogen-bond donors (Lipinski definition) is 2. The summed E-state index contributed by atoms with van der Waals surface area (Å²) in [5, 5.41) is 11.0. The van der Waals surface area contributed by atoms with E-state index in [-0.39, 0.29) is 11.9 Å². The summed E-state index contributed by atoms with van der Waals surface area (Å²) < 4.78 is 5.25. The highest BCUT2D eigenvalue weighted by molar-refractivity contribution is 7.08. The first kappa shape index (κ1) is 13.2. The number of nitrogens with two attached hydrogens (primary N) is 1. The molecule has 1 atom stereocenters. The largest absolute Gasteiger partial charge is 0.368 e. The zero-order valence-electron chi connectivity index (χ0n) is 10.8. The Morgan fingerprint density at radius 2 is 2.55 bits per heavy atom. The number of amides is 1. The number of nitrogens with one attached hydrogen (secondary N) is 1. The number of hydrogen-bond acceptors (Lipinski definition) is 7. The average molecular weight is 293 g/mol. The maximum Gasteiger partial charge on any atom is 0.241 e. The highest BCUT2D eigenvalue weighted by atomic mass is 32.1. The van der Waals surface area contributed by atoms with Crippen molar-refractivity contribution in [2.75, 3.05) is 19.6 Å². The van der Waals surface area contributed by atoms with Crippen molar-refractivity contribution in [3.63, 3.8) is 0 Å². The molecule has 3 heterocycles. The van der Waals surface area contributed by atoms with Crippen LogP contribution in [0.25, 0.3) is 11.4 Å². The number of nitrogens with zero attached hydrogens (tertiary/aromatic N) is 3. The molecule has 2 aromatic heterocycles. The van der Waals surface area contributed by atoms with E-state index in [2.05, 4.69) is 15.5 Å². The van der Waals surface area contributed by atoms with Gasteiger partial charge < -0.3 is 15.6 Å². The molecule has 0 saturated carbocycles. The van der Waals surface area contributed by atoms with Crippen molar-refractivity contribution in [2.24, 2.45) is 5.73 Å². The molecule has 0 radical (unpaired) electrons. The van der Waals surface area contributed by atoms with Crippen molar-refractivity contribution in [3.05, 3.63) is 22.7 Å². The molecule has 20 heavy (non-hydrogen) atoms. The lowest BCUT2D eigenvalue weighted by Crippen LogP contribution is -2.56. The Hall–Kier alpha value is -1.77. The van der Waals surface area contributed by atoms with Gasteiger partial charge in [0.05, 0.1) is 6.54 Å². The van der Waals surface area contributed by atoms with E-state index >= 15 is 0 Å². The van der Waals surface area contributed by atoms with Crippen LogP contribution in [0.3, 0.4) is 0 Å². The van der Waals surface area contributed by atoms with E-state index < -0.39 is 0 Å². The van der Waals surface area contributed by atoms with Crippen molar-refractivity contribution in [2.45, 2.75) is 12.6 Å². The Bertz CT molecular complexity index is 582. The first-order valence-electron chi connectivity index (χ1n) is 6.33. The number of thiophene rings is 1. The van der Waals surface area contributed by atoms with Gasteiger partial charge in [-0.3, -0.25) is 9.69 Å². The van der Waals surface area contributed by atoms with Crippen LogP contribution in [0.15, 0.2) is 21.3 Å². The molecule has 7 nitrogen and oxygen atoms in total. The van der Waals surface area contributed by atoms with Crippen LogP contribution in [0.1, 0.15) is 5.89 Å². The predicted octanol–water partition coefficient (Wildman–Crippen LogP) is 0.0572. The number of carbonyl (C=O) groups is 1. The quantitative estimate of drug-likeness (QED) is 0.827. The van der Waals surface area contributed by atoms with Crippen LogP contribution in [0.4, 0.5) is 0 Å².